The van der Waals surface area contributed by atoms with E-state index in [0.29, 0.717) is 32.4 Å². The highest BCUT2D eigenvalue weighted by Crippen LogP contribution is 2.41. The second kappa shape index (κ2) is 9.08. The average Bonchev–Trinajstić information content (AvgIpc) is 3.05. The number of amides is 5. The summed E-state index contributed by atoms with van der Waals surface area (Å²) in [6.07, 6.45) is 0.527. The summed E-state index contributed by atoms with van der Waals surface area (Å²) in [7, 11) is 0. The van der Waals surface area contributed by atoms with Crippen molar-refractivity contribution in [2.45, 2.75) is 75.8 Å². The van der Waals surface area contributed by atoms with E-state index in [9.17, 15) is 28.0 Å². The molecule has 2 aliphatic heterocycles. The highest BCUT2D eigenvalue weighted by molar-refractivity contribution is 6.02. The van der Waals surface area contributed by atoms with Crippen molar-refractivity contribution in [2.75, 3.05) is 13.1 Å². The van der Waals surface area contributed by atoms with E-state index in [-0.39, 0.29) is 60.9 Å². The Balaban J connectivity index is 1.24. The molecule has 0 aromatic heterocycles. The number of urea groups is 1. The molecule has 0 aromatic rings. The van der Waals surface area contributed by atoms with Crippen molar-refractivity contribution in [3.63, 3.8) is 0 Å². The molecule has 2 aliphatic carbocycles. The Morgan fingerprint density at radius 3 is 2.58 bits per heavy atom. The maximum absolute atomic E-state index is 13.5. The predicted molar refractivity (Wildman–Crippen MR) is 106 cm³/mol. The number of fused-ring (bicyclic) bond motifs is 1. The van der Waals surface area contributed by atoms with Crippen LogP contribution in [0.15, 0.2) is 0 Å². The lowest BCUT2D eigenvalue weighted by Gasteiger charge is -2.31. The van der Waals surface area contributed by atoms with Crippen molar-refractivity contribution in [3.05, 3.63) is 0 Å². The lowest BCUT2D eigenvalue weighted by atomic mass is 9.75. The van der Waals surface area contributed by atoms with Gasteiger partial charge in [-0.2, -0.15) is 0 Å². The number of halogens is 2. The van der Waals surface area contributed by atoms with Crippen LogP contribution in [0.4, 0.5) is 13.6 Å². The van der Waals surface area contributed by atoms with Crippen molar-refractivity contribution < 1.29 is 28.0 Å². The lowest BCUT2D eigenvalue weighted by molar-refractivity contribution is -0.145. The highest BCUT2D eigenvalue weighted by Gasteiger charge is 2.48. The first-order valence-electron chi connectivity index (χ1n) is 11.3. The van der Waals surface area contributed by atoms with E-state index >= 15 is 0 Å². The molecule has 2 saturated heterocycles. The summed E-state index contributed by atoms with van der Waals surface area (Å²) in [5.74, 6) is -0.551. The Morgan fingerprint density at radius 1 is 1.03 bits per heavy atom. The van der Waals surface area contributed by atoms with Crippen LogP contribution in [0, 0.1) is 17.8 Å². The van der Waals surface area contributed by atoms with Gasteiger partial charge in [-0.25, -0.2) is 13.6 Å². The number of hydrogen-bond acceptors (Lipinski definition) is 4. The number of carbonyl (C=O) groups excluding carboxylic acids is 4. The fraction of sp³-hybridized carbons (Fsp3) is 0.810. The minimum Gasteiger partial charge on any atom is -0.338 e. The van der Waals surface area contributed by atoms with E-state index in [1.165, 1.54) is 0 Å². The van der Waals surface area contributed by atoms with Crippen molar-refractivity contribution >= 4 is 23.8 Å². The molecule has 0 radical (unpaired) electrons. The van der Waals surface area contributed by atoms with Crippen molar-refractivity contribution in [1.29, 1.82) is 0 Å². The van der Waals surface area contributed by atoms with Crippen LogP contribution in [-0.4, -0.2) is 66.2 Å². The van der Waals surface area contributed by atoms with Crippen molar-refractivity contribution in [3.8, 4) is 0 Å². The summed E-state index contributed by atoms with van der Waals surface area (Å²) in [6, 6.07) is -1.33. The zero-order chi connectivity index (χ0) is 22.1. The Bertz CT molecular complexity index is 751. The molecule has 31 heavy (non-hydrogen) atoms. The second-order valence-corrected chi connectivity index (χ2v) is 9.40. The largest absolute Gasteiger partial charge is 0.338 e. The van der Waals surface area contributed by atoms with Crippen molar-refractivity contribution in [2.24, 2.45) is 17.8 Å². The van der Waals surface area contributed by atoms with Gasteiger partial charge < -0.3 is 15.5 Å². The quantitative estimate of drug-likeness (QED) is 0.571. The van der Waals surface area contributed by atoms with Gasteiger partial charge in [0, 0.05) is 37.9 Å². The Kier molecular flexibility index (Phi) is 6.43. The van der Waals surface area contributed by atoms with E-state index < -0.39 is 24.3 Å². The van der Waals surface area contributed by atoms with Gasteiger partial charge in [0.05, 0.1) is 0 Å². The van der Waals surface area contributed by atoms with Crippen LogP contribution in [0.3, 0.4) is 0 Å². The third kappa shape index (κ3) is 4.82. The van der Waals surface area contributed by atoms with Crippen LogP contribution in [0.5, 0.6) is 0 Å². The van der Waals surface area contributed by atoms with Gasteiger partial charge in [-0.05, 0) is 50.4 Å². The number of likely N-dealkylation sites (tertiary alicyclic amines) is 1. The highest BCUT2D eigenvalue weighted by atomic mass is 19.2. The fourth-order valence-electron chi connectivity index (χ4n) is 5.53. The summed E-state index contributed by atoms with van der Waals surface area (Å²) in [5, 5.41) is 7.85. The van der Waals surface area contributed by atoms with Crippen LogP contribution in [0.25, 0.3) is 0 Å². The number of imide groups is 1. The standard InChI is InChI=1S/C21H30F2N4O4/c22-15-4-3-13(8-16(15)23)25-21(31)24-9-11-1-2-12-10-27(20(30)14(12)7-11)17-5-6-18(28)26-19(17)29/h11-17H,1-10H2,(H2,24,25,31)(H,26,28,29). The van der Waals surface area contributed by atoms with Crippen LogP contribution in [-0.2, 0) is 14.4 Å². The zero-order valence-electron chi connectivity index (χ0n) is 17.4. The van der Waals surface area contributed by atoms with Gasteiger partial charge in [0.15, 0.2) is 0 Å². The summed E-state index contributed by atoms with van der Waals surface area (Å²) in [6.45, 7) is 0.955. The molecule has 7 atom stereocenters. The van der Waals surface area contributed by atoms with E-state index in [1.54, 1.807) is 4.90 Å². The van der Waals surface area contributed by atoms with Crippen LogP contribution in [0.2, 0.25) is 0 Å². The van der Waals surface area contributed by atoms with E-state index in [1.807, 2.05) is 0 Å². The van der Waals surface area contributed by atoms with Crippen LogP contribution in [0.1, 0.15) is 51.4 Å². The molecular formula is C21H30F2N4O4. The molecule has 0 bridgehead atoms. The molecule has 2 saturated carbocycles. The second-order valence-electron chi connectivity index (χ2n) is 9.40. The normalized spacial score (nSPS) is 38.5. The van der Waals surface area contributed by atoms with Gasteiger partial charge in [-0.3, -0.25) is 19.7 Å². The number of piperidine rings is 1. The Morgan fingerprint density at radius 2 is 1.84 bits per heavy atom. The molecule has 3 N–H and O–H groups in total. The molecule has 0 aromatic carbocycles. The summed E-state index contributed by atoms with van der Waals surface area (Å²) in [4.78, 5) is 50.3. The first-order valence-corrected chi connectivity index (χ1v) is 11.3. The molecule has 10 heteroatoms. The number of nitrogens with one attached hydrogen (secondary N) is 3. The van der Waals surface area contributed by atoms with E-state index in [2.05, 4.69) is 16.0 Å². The van der Waals surface area contributed by atoms with Gasteiger partial charge in [0.1, 0.15) is 18.4 Å². The topological polar surface area (TPSA) is 108 Å². The SMILES string of the molecule is O=C1CCC(N2CC3CCC(CNC(=O)NC4CCC(F)C(F)C4)CC3C2=O)C(=O)N1. The molecule has 4 aliphatic rings. The first kappa shape index (κ1) is 22.0. The number of alkyl halides is 2. The van der Waals surface area contributed by atoms with Crippen LogP contribution >= 0.6 is 0 Å². The summed E-state index contributed by atoms with van der Waals surface area (Å²) in [5.41, 5.74) is 0. The zero-order valence-corrected chi connectivity index (χ0v) is 17.4. The van der Waals surface area contributed by atoms with Crippen LogP contribution < -0.4 is 16.0 Å². The maximum atomic E-state index is 13.5. The summed E-state index contributed by atoms with van der Waals surface area (Å²) >= 11 is 0. The van der Waals surface area contributed by atoms with Gasteiger partial charge in [-0.15, -0.1) is 0 Å². The first-order chi connectivity index (χ1) is 14.8. The fourth-order valence-corrected chi connectivity index (χ4v) is 5.53. The smallest absolute Gasteiger partial charge is 0.315 e. The maximum Gasteiger partial charge on any atom is 0.315 e. The minimum absolute atomic E-state index is 0.00749. The molecule has 4 rings (SSSR count). The predicted octanol–water partition coefficient (Wildman–Crippen LogP) is 1.19. The lowest BCUT2D eigenvalue weighted by Crippen LogP contribution is -2.53. The number of nitrogens with zero attached hydrogens (tertiary/aromatic N) is 1. The van der Waals surface area contributed by atoms with Gasteiger partial charge in [0.25, 0.3) is 0 Å². The molecule has 0 spiro atoms. The number of rotatable bonds is 4. The molecule has 4 fully saturated rings. The Hall–Kier alpha value is -2.26. The third-order valence-corrected chi connectivity index (χ3v) is 7.30. The van der Waals surface area contributed by atoms with Gasteiger partial charge in [0.2, 0.25) is 17.7 Å². The molecule has 2 heterocycles. The molecule has 172 valence electrons. The van der Waals surface area contributed by atoms with Gasteiger partial charge in [-0.1, -0.05) is 0 Å². The molecule has 7 unspecified atom stereocenters. The van der Waals surface area contributed by atoms with E-state index in [0.717, 1.165) is 12.8 Å². The monoisotopic (exact) mass is 440 g/mol. The minimum atomic E-state index is -1.53. The number of hydrogen-bond donors (Lipinski definition) is 3. The third-order valence-electron chi connectivity index (χ3n) is 7.30. The molecule has 5 amide bonds. The van der Waals surface area contributed by atoms with Crippen molar-refractivity contribution in [1.82, 2.24) is 20.9 Å². The Labute approximate surface area is 179 Å². The van der Waals surface area contributed by atoms with Gasteiger partial charge >= 0.3 is 6.03 Å². The molecular weight excluding hydrogens is 410 g/mol. The number of carbonyl (C=O) groups is 4. The van der Waals surface area contributed by atoms with E-state index in [4.69, 9.17) is 0 Å². The average molecular weight is 440 g/mol. The summed E-state index contributed by atoms with van der Waals surface area (Å²) < 4.78 is 26.7. The molecule has 8 nitrogen and oxygen atoms in total.